The average molecular weight is 642 g/mol. The molecule has 0 N–H and O–H groups in total. The third kappa shape index (κ3) is 4.75. The number of benzene rings is 7. The van der Waals surface area contributed by atoms with Crippen molar-refractivity contribution in [2.75, 3.05) is 0 Å². The Kier molecular flexibility index (Phi) is 6.42. The Balaban J connectivity index is 1.10. The van der Waals surface area contributed by atoms with E-state index in [0.717, 1.165) is 82.8 Å². The molecular weight excluding hydrogens is 615 g/mol. The number of fused-ring (bicyclic) bond motifs is 6. The molecule has 0 aliphatic heterocycles. The molecule has 0 spiro atoms. The first kappa shape index (κ1) is 28.2. The van der Waals surface area contributed by atoms with Gasteiger partial charge >= 0.3 is 0 Å². The summed E-state index contributed by atoms with van der Waals surface area (Å²) in [6, 6.07) is 55.8. The van der Waals surface area contributed by atoms with Gasteiger partial charge in [0.25, 0.3) is 0 Å². The molecule has 0 saturated heterocycles. The fraction of sp³-hybridized carbons (Fsp3) is 0. The highest BCUT2D eigenvalue weighted by atomic mass is 16.3. The van der Waals surface area contributed by atoms with Crippen LogP contribution in [0.2, 0.25) is 0 Å². The third-order valence-electron chi connectivity index (χ3n) is 9.34. The summed E-state index contributed by atoms with van der Waals surface area (Å²) in [5.41, 5.74) is 10.5. The lowest BCUT2D eigenvalue weighted by atomic mass is 9.96. The van der Waals surface area contributed by atoms with Crippen molar-refractivity contribution in [3.8, 4) is 56.4 Å². The number of rotatable bonds is 5. The van der Waals surface area contributed by atoms with Crippen molar-refractivity contribution in [1.29, 1.82) is 0 Å². The Morgan fingerprint density at radius 3 is 1.62 bits per heavy atom. The van der Waals surface area contributed by atoms with Crippen LogP contribution in [0.25, 0.3) is 100 Å². The summed E-state index contributed by atoms with van der Waals surface area (Å²) in [6.45, 7) is 0. The molecule has 0 aliphatic rings. The molecule has 0 unspecified atom stereocenters. The molecule has 234 valence electrons. The molecule has 0 radical (unpaired) electrons. The van der Waals surface area contributed by atoms with Crippen molar-refractivity contribution < 1.29 is 8.83 Å². The zero-order valence-electron chi connectivity index (χ0n) is 26.7. The molecule has 10 rings (SSSR count). The van der Waals surface area contributed by atoms with Crippen molar-refractivity contribution in [1.82, 2.24) is 15.0 Å². The normalized spacial score (nSPS) is 11.6. The smallest absolute Gasteiger partial charge is 0.164 e. The van der Waals surface area contributed by atoms with Gasteiger partial charge in [0, 0.05) is 38.2 Å². The van der Waals surface area contributed by atoms with Crippen molar-refractivity contribution in [3.05, 3.63) is 164 Å². The zero-order chi connectivity index (χ0) is 33.0. The van der Waals surface area contributed by atoms with Crippen molar-refractivity contribution in [2.45, 2.75) is 0 Å². The number of hydrogen-bond acceptors (Lipinski definition) is 5. The first-order valence-electron chi connectivity index (χ1n) is 16.6. The van der Waals surface area contributed by atoms with Crippen LogP contribution in [-0.4, -0.2) is 15.0 Å². The Morgan fingerprint density at radius 2 is 0.840 bits per heavy atom. The second-order valence-corrected chi connectivity index (χ2v) is 12.4. The molecule has 5 nitrogen and oxygen atoms in total. The minimum absolute atomic E-state index is 0.618. The lowest BCUT2D eigenvalue weighted by Gasteiger charge is -2.10. The fourth-order valence-corrected chi connectivity index (χ4v) is 6.92. The van der Waals surface area contributed by atoms with Crippen LogP contribution in [0, 0.1) is 0 Å². The topological polar surface area (TPSA) is 65.0 Å². The molecule has 10 aromatic rings. The van der Waals surface area contributed by atoms with E-state index in [4.69, 9.17) is 23.8 Å². The van der Waals surface area contributed by atoms with Crippen LogP contribution >= 0.6 is 0 Å². The molecule has 3 heterocycles. The van der Waals surface area contributed by atoms with Gasteiger partial charge in [0.2, 0.25) is 0 Å². The first-order chi connectivity index (χ1) is 24.7. The number of para-hydroxylation sites is 1. The molecule has 0 aliphatic carbocycles. The molecule has 3 aromatic heterocycles. The van der Waals surface area contributed by atoms with E-state index in [1.54, 1.807) is 0 Å². The summed E-state index contributed by atoms with van der Waals surface area (Å²) in [4.78, 5) is 14.8. The SMILES string of the molecule is c1ccc(-c2nc(-c3ccccc3)nc(-c3cccc(-c4cccc5oc6ccc(-c7ccc8c(c7)oc7ccccc78)cc6c45)c3)n2)cc1. The van der Waals surface area contributed by atoms with Gasteiger partial charge in [-0.15, -0.1) is 0 Å². The minimum atomic E-state index is 0.618. The van der Waals surface area contributed by atoms with Crippen LogP contribution < -0.4 is 0 Å². The lowest BCUT2D eigenvalue weighted by Crippen LogP contribution is -2.00. The predicted molar refractivity (Wildman–Crippen MR) is 202 cm³/mol. The maximum absolute atomic E-state index is 6.41. The van der Waals surface area contributed by atoms with Gasteiger partial charge in [-0.2, -0.15) is 0 Å². The van der Waals surface area contributed by atoms with Gasteiger partial charge in [-0.25, -0.2) is 15.0 Å². The summed E-state index contributed by atoms with van der Waals surface area (Å²) in [5.74, 6) is 1.89. The van der Waals surface area contributed by atoms with E-state index in [1.807, 2.05) is 91.0 Å². The predicted octanol–water partition coefficient (Wildman–Crippen LogP) is 12.0. The molecule has 50 heavy (non-hydrogen) atoms. The molecule has 7 aromatic carbocycles. The van der Waals surface area contributed by atoms with E-state index >= 15 is 0 Å². The average Bonchev–Trinajstić information content (AvgIpc) is 3.76. The highest BCUT2D eigenvalue weighted by molar-refractivity contribution is 6.13. The number of aromatic nitrogens is 3. The summed E-state index contributed by atoms with van der Waals surface area (Å²) in [5, 5.41) is 4.37. The molecule has 5 heteroatoms. The van der Waals surface area contributed by atoms with Crippen molar-refractivity contribution >= 4 is 43.9 Å². The zero-order valence-corrected chi connectivity index (χ0v) is 26.7. The lowest BCUT2D eigenvalue weighted by molar-refractivity contribution is 0.669. The second-order valence-electron chi connectivity index (χ2n) is 12.4. The van der Waals surface area contributed by atoms with E-state index in [9.17, 15) is 0 Å². The van der Waals surface area contributed by atoms with Gasteiger partial charge in [-0.3, -0.25) is 0 Å². The minimum Gasteiger partial charge on any atom is -0.456 e. The third-order valence-corrected chi connectivity index (χ3v) is 9.34. The van der Waals surface area contributed by atoms with Gasteiger partial charge in [0.15, 0.2) is 17.5 Å². The van der Waals surface area contributed by atoms with Crippen molar-refractivity contribution in [2.24, 2.45) is 0 Å². The summed E-state index contributed by atoms with van der Waals surface area (Å²) in [6.07, 6.45) is 0. The highest BCUT2D eigenvalue weighted by Crippen LogP contribution is 2.40. The number of furan rings is 2. The van der Waals surface area contributed by atoms with Gasteiger partial charge in [-0.1, -0.05) is 121 Å². The Hall–Kier alpha value is -6.85. The molecule has 0 amide bonds. The standard InChI is InChI=1S/C45H27N3O2/c1-3-11-28(12-4-1)43-46-44(29-13-5-2-6-14-29)48-45(47-43)33-16-9-15-32(25-33)34-18-10-20-40-42(34)37-26-30(22-24-39(37)49-40)31-21-23-36-35-17-7-8-19-38(35)50-41(36)27-31/h1-27H. The van der Waals surface area contributed by atoms with Crippen LogP contribution in [0.5, 0.6) is 0 Å². The summed E-state index contributed by atoms with van der Waals surface area (Å²) >= 11 is 0. The second kappa shape index (κ2) is 11.4. The quantitative estimate of drug-likeness (QED) is 0.187. The molecule has 0 bridgehead atoms. The van der Waals surface area contributed by atoms with E-state index in [0.29, 0.717) is 17.5 Å². The molecule has 0 saturated carbocycles. The van der Waals surface area contributed by atoms with Crippen LogP contribution in [0.15, 0.2) is 173 Å². The van der Waals surface area contributed by atoms with Crippen molar-refractivity contribution in [3.63, 3.8) is 0 Å². The maximum Gasteiger partial charge on any atom is 0.164 e. The molecule has 0 atom stereocenters. The van der Waals surface area contributed by atoms with E-state index in [2.05, 4.69) is 72.8 Å². The van der Waals surface area contributed by atoms with Crippen LogP contribution in [0.1, 0.15) is 0 Å². The fourth-order valence-electron chi connectivity index (χ4n) is 6.92. The molecule has 0 fully saturated rings. The monoisotopic (exact) mass is 641 g/mol. The van der Waals surface area contributed by atoms with Crippen LogP contribution in [0.4, 0.5) is 0 Å². The Bertz CT molecular complexity index is 2810. The largest absolute Gasteiger partial charge is 0.456 e. The van der Waals surface area contributed by atoms with Gasteiger partial charge in [-0.05, 0) is 64.7 Å². The first-order valence-corrected chi connectivity index (χ1v) is 16.6. The number of hydrogen-bond donors (Lipinski definition) is 0. The van der Waals surface area contributed by atoms with Gasteiger partial charge < -0.3 is 8.83 Å². The van der Waals surface area contributed by atoms with Crippen LogP contribution in [0.3, 0.4) is 0 Å². The summed E-state index contributed by atoms with van der Waals surface area (Å²) in [7, 11) is 0. The highest BCUT2D eigenvalue weighted by Gasteiger charge is 2.17. The van der Waals surface area contributed by atoms with Gasteiger partial charge in [0.05, 0.1) is 0 Å². The number of nitrogens with zero attached hydrogens (tertiary/aromatic N) is 3. The Labute approximate surface area is 287 Å². The Morgan fingerprint density at radius 1 is 0.300 bits per heavy atom. The maximum atomic E-state index is 6.41. The van der Waals surface area contributed by atoms with Crippen LogP contribution in [-0.2, 0) is 0 Å². The van der Waals surface area contributed by atoms with Gasteiger partial charge in [0.1, 0.15) is 22.3 Å². The van der Waals surface area contributed by atoms with E-state index in [1.165, 1.54) is 0 Å². The van der Waals surface area contributed by atoms with E-state index in [-0.39, 0.29) is 0 Å². The molecular formula is C45H27N3O2. The van der Waals surface area contributed by atoms with E-state index < -0.39 is 0 Å². The summed E-state index contributed by atoms with van der Waals surface area (Å²) < 4.78 is 12.6.